The number of nitrogens with one attached hydrogen (secondary N) is 3. The summed E-state index contributed by atoms with van der Waals surface area (Å²) in [5.41, 5.74) is 0.816. The van der Waals surface area contributed by atoms with E-state index in [4.69, 9.17) is 4.74 Å². The van der Waals surface area contributed by atoms with E-state index >= 15 is 0 Å². The summed E-state index contributed by atoms with van der Waals surface area (Å²) < 4.78 is 5.47. The van der Waals surface area contributed by atoms with Crippen LogP contribution in [0, 0.1) is 0 Å². The summed E-state index contributed by atoms with van der Waals surface area (Å²) in [5.74, 6) is -0.0390. The van der Waals surface area contributed by atoms with Crippen LogP contribution in [0.1, 0.15) is 12.8 Å². The Kier molecular flexibility index (Phi) is 6.38. The molecule has 2 aliphatic rings. The van der Waals surface area contributed by atoms with Crippen LogP contribution in [-0.4, -0.2) is 68.2 Å². The predicted octanol–water partition coefficient (Wildman–Crippen LogP) is 0.194. The van der Waals surface area contributed by atoms with Gasteiger partial charge in [0.25, 0.3) is 5.91 Å². The molecule has 1 aromatic carbocycles. The van der Waals surface area contributed by atoms with Crippen molar-refractivity contribution in [3.05, 3.63) is 30.3 Å². The fourth-order valence-electron chi connectivity index (χ4n) is 3.19. The Hall–Kier alpha value is -1.96. The Morgan fingerprint density at radius 2 is 1.96 bits per heavy atom. The van der Waals surface area contributed by atoms with Crippen LogP contribution in [0.4, 0.5) is 5.69 Å². The highest BCUT2D eigenvalue weighted by Gasteiger charge is 2.26. The van der Waals surface area contributed by atoms with Crippen LogP contribution >= 0.6 is 0 Å². The monoisotopic (exact) mass is 346 g/mol. The van der Waals surface area contributed by atoms with Gasteiger partial charge in [-0.15, -0.1) is 0 Å². The van der Waals surface area contributed by atoms with Crippen molar-refractivity contribution in [3.8, 4) is 0 Å². The lowest BCUT2D eigenvalue weighted by Gasteiger charge is -2.33. The number of amides is 2. The first-order chi connectivity index (χ1) is 12.2. The van der Waals surface area contributed by atoms with Gasteiger partial charge in [0.15, 0.2) is 0 Å². The third kappa shape index (κ3) is 5.52. The zero-order chi connectivity index (χ0) is 17.5. The van der Waals surface area contributed by atoms with Crippen molar-refractivity contribution in [2.45, 2.75) is 25.0 Å². The van der Waals surface area contributed by atoms with Gasteiger partial charge in [-0.3, -0.25) is 14.5 Å². The van der Waals surface area contributed by atoms with Crippen LogP contribution in [0.5, 0.6) is 0 Å². The van der Waals surface area contributed by atoms with Crippen LogP contribution in [-0.2, 0) is 14.3 Å². The largest absolute Gasteiger partial charge is 0.366 e. The Morgan fingerprint density at radius 3 is 2.64 bits per heavy atom. The molecule has 1 unspecified atom stereocenters. The van der Waals surface area contributed by atoms with Gasteiger partial charge in [0.05, 0.1) is 13.2 Å². The highest BCUT2D eigenvalue weighted by atomic mass is 16.5. The summed E-state index contributed by atoms with van der Waals surface area (Å²) in [7, 11) is 0. The first-order valence-electron chi connectivity index (χ1n) is 8.90. The molecule has 3 N–H and O–H groups in total. The molecule has 0 spiro atoms. The van der Waals surface area contributed by atoms with Crippen LogP contribution in [0.3, 0.4) is 0 Å². The molecule has 136 valence electrons. The summed E-state index contributed by atoms with van der Waals surface area (Å²) >= 11 is 0. The number of benzene rings is 1. The van der Waals surface area contributed by atoms with E-state index in [1.165, 1.54) is 0 Å². The number of para-hydroxylation sites is 1. The first kappa shape index (κ1) is 17.8. The van der Waals surface area contributed by atoms with Crippen molar-refractivity contribution >= 4 is 17.5 Å². The molecule has 0 bridgehead atoms. The van der Waals surface area contributed by atoms with Gasteiger partial charge in [-0.25, -0.2) is 0 Å². The summed E-state index contributed by atoms with van der Waals surface area (Å²) in [4.78, 5) is 26.4. The highest BCUT2D eigenvalue weighted by molar-refractivity contribution is 5.92. The van der Waals surface area contributed by atoms with Crippen molar-refractivity contribution in [2.24, 2.45) is 0 Å². The second-order valence-corrected chi connectivity index (χ2v) is 6.54. The minimum absolute atomic E-state index is 0.00429. The van der Waals surface area contributed by atoms with E-state index in [0.29, 0.717) is 19.7 Å². The molecule has 2 fully saturated rings. The zero-order valence-electron chi connectivity index (χ0n) is 14.4. The first-order valence-corrected chi connectivity index (χ1v) is 8.90. The highest BCUT2D eigenvalue weighted by Crippen LogP contribution is 2.12. The molecule has 0 aliphatic carbocycles. The van der Waals surface area contributed by atoms with Crippen LogP contribution in [0.2, 0.25) is 0 Å². The molecule has 7 heteroatoms. The minimum Gasteiger partial charge on any atom is -0.366 e. The molecule has 2 heterocycles. The topological polar surface area (TPSA) is 82.7 Å². The van der Waals surface area contributed by atoms with E-state index in [1.807, 2.05) is 30.3 Å². The van der Waals surface area contributed by atoms with Crippen LogP contribution in [0.15, 0.2) is 30.3 Å². The number of likely N-dealkylation sites (tertiary alicyclic amines) is 1. The van der Waals surface area contributed by atoms with E-state index in [1.54, 1.807) is 0 Å². The third-order valence-electron chi connectivity index (χ3n) is 4.58. The maximum atomic E-state index is 12.2. The second-order valence-electron chi connectivity index (χ2n) is 6.54. The molecule has 2 amide bonds. The molecule has 0 aromatic heterocycles. The number of anilines is 1. The van der Waals surface area contributed by atoms with Crippen molar-refractivity contribution in [1.82, 2.24) is 15.5 Å². The molecule has 7 nitrogen and oxygen atoms in total. The van der Waals surface area contributed by atoms with Gasteiger partial charge in [0.2, 0.25) is 5.91 Å². The Morgan fingerprint density at radius 1 is 1.20 bits per heavy atom. The average molecular weight is 346 g/mol. The maximum Gasteiger partial charge on any atom is 0.250 e. The number of morpholine rings is 1. The van der Waals surface area contributed by atoms with E-state index in [2.05, 4.69) is 20.9 Å². The fourth-order valence-corrected chi connectivity index (χ4v) is 3.19. The standard InChI is InChI=1S/C18H26N4O3/c23-17(20-14-4-2-1-3-5-14)13-22-9-6-15(7-10-22)21-18(24)16-12-19-8-11-25-16/h1-5,15-16,19H,6-13H2,(H,20,23)(H,21,24). The van der Waals surface area contributed by atoms with Gasteiger partial charge < -0.3 is 20.7 Å². The lowest BCUT2D eigenvalue weighted by atomic mass is 10.0. The number of ether oxygens (including phenoxy) is 1. The summed E-state index contributed by atoms with van der Waals surface area (Å²) in [6.07, 6.45) is 1.32. The molecule has 3 rings (SSSR count). The van der Waals surface area contributed by atoms with Gasteiger partial charge >= 0.3 is 0 Å². The fraction of sp³-hybridized carbons (Fsp3) is 0.556. The molecule has 1 aromatic rings. The van der Waals surface area contributed by atoms with Crippen molar-refractivity contribution in [3.63, 3.8) is 0 Å². The molecule has 2 aliphatic heterocycles. The number of carbonyl (C=O) groups is 2. The quantitative estimate of drug-likeness (QED) is 0.709. The second kappa shape index (κ2) is 8.94. The van der Waals surface area contributed by atoms with Crippen molar-refractivity contribution in [2.75, 3.05) is 44.6 Å². The van der Waals surface area contributed by atoms with E-state index < -0.39 is 0 Å². The molecular weight excluding hydrogens is 320 g/mol. The maximum absolute atomic E-state index is 12.2. The Balaban J connectivity index is 1.36. The number of nitrogens with zero attached hydrogens (tertiary/aromatic N) is 1. The van der Waals surface area contributed by atoms with Gasteiger partial charge in [-0.2, -0.15) is 0 Å². The van der Waals surface area contributed by atoms with E-state index in [9.17, 15) is 9.59 Å². The van der Waals surface area contributed by atoms with E-state index in [0.717, 1.165) is 38.2 Å². The number of rotatable bonds is 5. The summed E-state index contributed by atoms with van der Waals surface area (Å²) in [6, 6.07) is 9.63. The van der Waals surface area contributed by atoms with Gasteiger partial charge in [-0.1, -0.05) is 18.2 Å². The van der Waals surface area contributed by atoms with Crippen LogP contribution in [0.25, 0.3) is 0 Å². The summed E-state index contributed by atoms with van der Waals surface area (Å²) in [5, 5.41) is 9.14. The Labute approximate surface area is 148 Å². The van der Waals surface area contributed by atoms with Gasteiger partial charge in [0.1, 0.15) is 6.10 Å². The lowest BCUT2D eigenvalue weighted by Crippen LogP contribution is -2.52. The number of hydrogen-bond donors (Lipinski definition) is 3. The smallest absolute Gasteiger partial charge is 0.250 e. The normalized spacial score (nSPS) is 22.3. The van der Waals surface area contributed by atoms with E-state index in [-0.39, 0.29) is 24.0 Å². The molecular formula is C18H26N4O3. The number of carbonyl (C=O) groups excluding carboxylic acids is 2. The Bertz CT molecular complexity index is 567. The molecule has 1 atom stereocenters. The lowest BCUT2D eigenvalue weighted by molar-refractivity contribution is -0.135. The van der Waals surface area contributed by atoms with Crippen LogP contribution < -0.4 is 16.0 Å². The third-order valence-corrected chi connectivity index (χ3v) is 4.58. The number of piperidine rings is 1. The molecule has 2 saturated heterocycles. The molecule has 0 radical (unpaired) electrons. The molecule has 25 heavy (non-hydrogen) atoms. The van der Waals surface area contributed by atoms with Gasteiger partial charge in [-0.05, 0) is 25.0 Å². The predicted molar refractivity (Wildman–Crippen MR) is 95.3 cm³/mol. The zero-order valence-corrected chi connectivity index (χ0v) is 14.4. The molecule has 0 saturated carbocycles. The SMILES string of the molecule is O=C(CN1CCC(NC(=O)C2CNCCO2)CC1)Nc1ccccc1. The number of hydrogen-bond acceptors (Lipinski definition) is 5. The van der Waals surface area contributed by atoms with Gasteiger partial charge in [0, 0.05) is 37.9 Å². The minimum atomic E-state index is -0.386. The van der Waals surface area contributed by atoms with Crippen molar-refractivity contribution in [1.29, 1.82) is 0 Å². The average Bonchev–Trinajstić information content (AvgIpc) is 2.65. The van der Waals surface area contributed by atoms with Crippen molar-refractivity contribution < 1.29 is 14.3 Å². The summed E-state index contributed by atoms with van der Waals surface area (Å²) in [6.45, 7) is 3.93.